The highest BCUT2D eigenvalue weighted by Gasteiger charge is 2.17. The molecule has 0 spiro atoms. The van der Waals surface area contributed by atoms with Crippen molar-refractivity contribution in [3.63, 3.8) is 0 Å². The fourth-order valence-corrected chi connectivity index (χ4v) is 4.78. The SMILES string of the molecule is OC1CCCN(Sc2cc(-c3ncc(-c4ccc(Br)c(F)c4)[nH]3)ccc2Cl)CC1. The lowest BCUT2D eigenvalue weighted by molar-refractivity contribution is 0.159. The molecule has 4 rings (SSSR count). The highest BCUT2D eigenvalue weighted by Crippen LogP contribution is 2.35. The molecule has 1 atom stereocenters. The standard InChI is InChI=1S/C21H20BrClFN3OS/c22-16-5-3-13(10-18(16)24)19-12-25-21(26-19)14-4-6-17(23)20(11-14)29-27-8-1-2-15(28)7-9-27/h3-6,10-12,15,28H,1-2,7-9H2,(H,25,26). The molecule has 0 saturated carbocycles. The molecular weight excluding hydrogens is 477 g/mol. The molecular formula is C21H20BrClFN3OS. The average Bonchev–Trinajstić information content (AvgIpc) is 3.11. The number of imidazole rings is 1. The third-order valence-electron chi connectivity index (χ3n) is 4.90. The van der Waals surface area contributed by atoms with Crippen molar-refractivity contribution in [1.82, 2.24) is 14.3 Å². The van der Waals surface area contributed by atoms with Crippen LogP contribution in [0.3, 0.4) is 0 Å². The Hall–Kier alpha value is -1.38. The second-order valence-electron chi connectivity index (χ2n) is 7.02. The molecule has 1 unspecified atom stereocenters. The monoisotopic (exact) mass is 495 g/mol. The quantitative estimate of drug-likeness (QED) is 0.425. The number of aliphatic hydroxyl groups excluding tert-OH is 1. The Balaban J connectivity index is 1.56. The van der Waals surface area contributed by atoms with Gasteiger partial charge in [0.05, 0.1) is 27.5 Å². The van der Waals surface area contributed by atoms with Gasteiger partial charge in [0.25, 0.3) is 0 Å². The predicted molar refractivity (Wildman–Crippen MR) is 119 cm³/mol. The first-order chi connectivity index (χ1) is 14.0. The summed E-state index contributed by atoms with van der Waals surface area (Å²) in [6.07, 6.45) is 4.07. The van der Waals surface area contributed by atoms with Crippen molar-refractivity contribution in [2.45, 2.75) is 30.3 Å². The summed E-state index contributed by atoms with van der Waals surface area (Å²) in [5.41, 5.74) is 2.39. The maximum Gasteiger partial charge on any atom is 0.138 e. The van der Waals surface area contributed by atoms with E-state index in [0.29, 0.717) is 15.3 Å². The summed E-state index contributed by atoms with van der Waals surface area (Å²) in [5.74, 6) is 0.388. The average molecular weight is 497 g/mol. The van der Waals surface area contributed by atoms with Crippen molar-refractivity contribution >= 4 is 39.5 Å². The van der Waals surface area contributed by atoms with Crippen LogP contribution < -0.4 is 0 Å². The molecule has 152 valence electrons. The van der Waals surface area contributed by atoms with Gasteiger partial charge in [-0.1, -0.05) is 17.7 Å². The minimum Gasteiger partial charge on any atom is -0.393 e. The lowest BCUT2D eigenvalue weighted by Crippen LogP contribution is -2.17. The Bertz CT molecular complexity index is 1020. The first kappa shape index (κ1) is 20.9. The molecule has 2 N–H and O–H groups in total. The summed E-state index contributed by atoms with van der Waals surface area (Å²) < 4.78 is 16.5. The topological polar surface area (TPSA) is 52.1 Å². The van der Waals surface area contributed by atoms with E-state index in [2.05, 4.69) is 30.2 Å². The van der Waals surface area contributed by atoms with Gasteiger partial charge in [-0.25, -0.2) is 13.7 Å². The van der Waals surface area contributed by atoms with E-state index in [0.717, 1.165) is 54.1 Å². The van der Waals surface area contributed by atoms with Crippen molar-refractivity contribution in [3.8, 4) is 22.6 Å². The zero-order valence-electron chi connectivity index (χ0n) is 15.5. The maximum atomic E-state index is 13.8. The van der Waals surface area contributed by atoms with Crippen molar-refractivity contribution < 1.29 is 9.50 Å². The molecule has 0 aliphatic carbocycles. The molecule has 1 saturated heterocycles. The van der Waals surface area contributed by atoms with Crippen molar-refractivity contribution in [2.75, 3.05) is 13.1 Å². The molecule has 0 bridgehead atoms. The van der Waals surface area contributed by atoms with Gasteiger partial charge in [0.15, 0.2) is 0 Å². The summed E-state index contributed by atoms with van der Waals surface area (Å²) in [6.45, 7) is 1.74. The third-order valence-corrected chi connectivity index (χ3v) is 7.14. The predicted octanol–water partition coefficient (Wildman–Crippen LogP) is 6.15. The molecule has 2 aromatic carbocycles. The van der Waals surface area contributed by atoms with E-state index >= 15 is 0 Å². The molecule has 2 heterocycles. The second kappa shape index (κ2) is 9.18. The molecule has 0 amide bonds. The number of rotatable bonds is 4. The summed E-state index contributed by atoms with van der Waals surface area (Å²) in [7, 11) is 0. The smallest absolute Gasteiger partial charge is 0.138 e. The Morgan fingerprint density at radius 2 is 2.00 bits per heavy atom. The largest absolute Gasteiger partial charge is 0.393 e. The minimum absolute atomic E-state index is 0.215. The summed E-state index contributed by atoms with van der Waals surface area (Å²) >= 11 is 11.2. The van der Waals surface area contributed by atoms with Gasteiger partial charge >= 0.3 is 0 Å². The van der Waals surface area contributed by atoms with Crippen LogP contribution in [0.1, 0.15) is 19.3 Å². The Labute approximate surface area is 186 Å². The number of aromatic nitrogens is 2. The number of H-pyrrole nitrogens is 1. The summed E-state index contributed by atoms with van der Waals surface area (Å²) in [5, 5.41) is 10.5. The van der Waals surface area contributed by atoms with Crippen LogP contribution in [0.15, 0.2) is 52.0 Å². The lowest BCUT2D eigenvalue weighted by atomic mass is 10.2. The number of halogens is 3. The van der Waals surface area contributed by atoms with Crippen LogP contribution in [0.5, 0.6) is 0 Å². The molecule has 0 radical (unpaired) electrons. The normalized spacial score (nSPS) is 18.0. The Morgan fingerprint density at radius 1 is 1.17 bits per heavy atom. The van der Waals surface area contributed by atoms with Gasteiger partial charge in [0, 0.05) is 29.1 Å². The highest BCUT2D eigenvalue weighted by molar-refractivity contribution is 9.10. The maximum absolute atomic E-state index is 13.8. The van der Waals surface area contributed by atoms with Gasteiger partial charge in [-0.2, -0.15) is 0 Å². The lowest BCUT2D eigenvalue weighted by Gasteiger charge is -2.19. The number of nitrogens with one attached hydrogen (secondary N) is 1. The minimum atomic E-state index is -0.314. The van der Waals surface area contributed by atoms with Crippen molar-refractivity contribution in [2.24, 2.45) is 0 Å². The van der Waals surface area contributed by atoms with Gasteiger partial charge in [0.1, 0.15) is 11.6 Å². The van der Waals surface area contributed by atoms with E-state index in [4.69, 9.17) is 11.6 Å². The molecule has 1 aliphatic heterocycles. The van der Waals surface area contributed by atoms with Gasteiger partial charge in [-0.3, -0.25) is 0 Å². The number of hydrogen-bond acceptors (Lipinski definition) is 4. The first-order valence-electron chi connectivity index (χ1n) is 9.41. The van der Waals surface area contributed by atoms with Crippen LogP contribution >= 0.6 is 39.5 Å². The van der Waals surface area contributed by atoms with Crippen LogP contribution in [0.25, 0.3) is 22.6 Å². The van der Waals surface area contributed by atoms with E-state index in [1.807, 2.05) is 24.3 Å². The molecule has 1 aliphatic rings. The van der Waals surface area contributed by atoms with Gasteiger partial charge < -0.3 is 10.1 Å². The highest BCUT2D eigenvalue weighted by atomic mass is 79.9. The van der Waals surface area contributed by atoms with Crippen molar-refractivity contribution in [1.29, 1.82) is 0 Å². The third kappa shape index (κ3) is 5.03. The Morgan fingerprint density at radius 3 is 2.83 bits per heavy atom. The van der Waals surface area contributed by atoms with Crippen LogP contribution in [0, 0.1) is 5.82 Å². The summed E-state index contributed by atoms with van der Waals surface area (Å²) in [6, 6.07) is 10.8. The van der Waals surface area contributed by atoms with Gasteiger partial charge in [0.2, 0.25) is 0 Å². The van der Waals surface area contributed by atoms with E-state index in [9.17, 15) is 9.50 Å². The van der Waals surface area contributed by atoms with E-state index in [1.54, 1.807) is 24.2 Å². The fourth-order valence-electron chi connectivity index (χ4n) is 3.28. The first-order valence-corrected chi connectivity index (χ1v) is 11.4. The molecule has 4 nitrogen and oxygen atoms in total. The van der Waals surface area contributed by atoms with Crippen LogP contribution in [0.4, 0.5) is 4.39 Å². The molecule has 29 heavy (non-hydrogen) atoms. The van der Waals surface area contributed by atoms with Crippen molar-refractivity contribution in [3.05, 3.63) is 57.9 Å². The van der Waals surface area contributed by atoms with Crippen LogP contribution in [-0.2, 0) is 0 Å². The number of aliphatic hydroxyl groups is 1. The number of benzene rings is 2. The van der Waals surface area contributed by atoms with Gasteiger partial charge in [-0.05, 0) is 77.5 Å². The second-order valence-corrected chi connectivity index (χ2v) is 9.42. The molecule has 1 fully saturated rings. The van der Waals surface area contributed by atoms with E-state index in [1.165, 1.54) is 6.07 Å². The van der Waals surface area contributed by atoms with E-state index in [-0.39, 0.29) is 11.9 Å². The zero-order valence-corrected chi connectivity index (χ0v) is 18.7. The zero-order chi connectivity index (χ0) is 20.4. The van der Waals surface area contributed by atoms with Crippen LogP contribution in [0.2, 0.25) is 5.02 Å². The Kier molecular flexibility index (Phi) is 6.61. The fraction of sp³-hybridized carbons (Fsp3) is 0.286. The molecule has 8 heteroatoms. The molecule has 3 aromatic rings. The number of hydrogen-bond donors (Lipinski definition) is 2. The number of nitrogens with zero attached hydrogens (tertiary/aromatic N) is 2. The molecule has 1 aromatic heterocycles. The van der Waals surface area contributed by atoms with E-state index < -0.39 is 0 Å². The number of aromatic amines is 1. The van der Waals surface area contributed by atoms with Crippen LogP contribution in [-0.4, -0.2) is 38.6 Å². The van der Waals surface area contributed by atoms with Gasteiger partial charge in [-0.15, -0.1) is 0 Å². The summed E-state index contributed by atoms with van der Waals surface area (Å²) in [4.78, 5) is 8.69.